The minimum Gasteiger partial charge on any atom is -0.352 e. The van der Waals surface area contributed by atoms with Crippen molar-refractivity contribution < 1.29 is 0 Å². The van der Waals surface area contributed by atoms with Crippen LogP contribution in [0.25, 0.3) is 0 Å². The maximum atomic E-state index is 4.43. The predicted octanol–water partition coefficient (Wildman–Crippen LogP) is 0.827. The van der Waals surface area contributed by atoms with Gasteiger partial charge in [0.05, 0.1) is 13.1 Å². The lowest BCUT2D eigenvalue weighted by Gasteiger charge is -2.04. The van der Waals surface area contributed by atoms with Gasteiger partial charge in [-0.1, -0.05) is 0 Å². The maximum Gasteiger partial charge on any atom is 0.191 e. The molecule has 0 spiro atoms. The van der Waals surface area contributed by atoms with Gasteiger partial charge in [0.1, 0.15) is 0 Å². The van der Waals surface area contributed by atoms with Crippen LogP contribution in [0.5, 0.6) is 0 Å². The van der Waals surface area contributed by atoms with Crippen LogP contribution in [0.3, 0.4) is 0 Å². The Balaban J connectivity index is 0.00000128. The molecule has 2 atom stereocenters. The standard InChI is InChI=1S/C10H17N5.HI/c1-8-9(2)14-10(13-8)11-5-7-15-6-3-4-12-15;/h3-4,6,8-9H,5,7H2,1-2H3,(H2,11,13,14);1H. The highest BCUT2D eigenvalue weighted by Gasteiger charge is 2.21. The van der Waals surface area contributed by atoms with Crippen LogP contribution in [0.2, 0.25) is 0 Å². The summed E-state index contributed by atoms with van der Waals surface area (Å²) in [7, 11) is 0. The van der Waals surface area contributed by atoms with E-state index < -0.39 is 0 Å². The molecule has 0 amide bonds. The van der Waals surface area contributed by atoms with Crippen LogP contribution in [0.1, 0.15) is 13.8 Å². The third-order valence-electron chi connectivity index (χ3n) is 2.64. The van der Waals surface area contributed by atoms with E-state index in [1.807, 2.05) is 16.9 Å². The molecule has 2 N–H and O–H groups in total. The number of nitrogens with one attached hydrogen (secondary N) is 2. The molecule has 1 aliphatic rings. The molecule has 0 aliphatic carbocycles. The van der Waals surface area contributed by atoms with Gasteiger partial charge in [0.15, 0.2) is 5.96 Å². The summed E-state index contributed by atoms with van der Waals surface area (Å²) in [5, 5.41) is 10.7. The fourth-order valence-electron chi connectivity index (χ4n) is 1.51. The molecule has 90 valence electrons. The third kappa shape index (κ3) is 3.36. The lowest BCUT2D eigenvalue weighted by molar-refractivity contribution is 0.583. The normalized spacial score (nSPS) is 23.2. The highest BCUT2D eigenvalue weighted by atomic mass is 127. The molecule has 16 heavy (non-hydrogen) atoms. The van der Waals surface area contributed by atoms with Crippen molar-refractivity contribution in [2.75, 3.05) is 6.54 Å². The zero-order chi connectivity index (χ0) is 10.7. The monoisotopic (exact) mass is 335 g/mol. The molecular weight excluding hydrogens is 317 g/mol. The Morgan fingerprint density at radius 3 is 2.62 bits per heavy atom. The molecule has 2 unspecified atom stereocenters. The molecule has 5 nitrogen and oxygen atoms in total. The Hall–Kier alpha value is -0.790. The van der Waals surface area contributed by atoms with Gasteiger partial charge in [-0.3, -0.25) is 9.67 Å². The average Bonchev–Trinajstić information content (AvgIpc) is 2.79. The molecule has 1 aromatic heterocycles. The zero-order valence-electron chi connectivity index (χ0n) is 9.55. The van der Waals surface area contributed by atoms with Gasteiger partial charge in [0.25, 0.3) is 0 Å². The topological polar surface area (TPSA) is 54.2 Å². The first-order chi connectivity index (χ1) is 7.25. The van der Waals surface area contributed by atoms with E-state index in [4.69, 9.17) is 0 Å². The highest BCUT2D eigenvalue weighted by molar-refractivity contribution is 14.0. The molecule has 2 heterocycles. The second-order valence-corrected chi connectivity index (χ2v) is 3.87. The van der Waals surface area contributed by atoms with Crippen molar-refractivity contribution in [1.29, 1.82) is 0 Å². The van der Waals surface area contributed by atoms with Crippen molar-refractivity contribution >= 4 is 29.9 Å². The summed E-state index contributed by atoms with van der Waals surface area (Å²) in [5.41, 5.74) is 0. The summed E-state index contributed by atoms with van der Waals surface area (Å²) in [6.07, 6.45) is 3.73. The Labute approximate surface area is 113 Å². The van der Waals surface area contributed by atoms with E-state index in [-0.39, 0.29) is 24.0 Å². The van der Waals surface area contributed by atoms with E-state index >= 15 is 0 Å². The quantitative estimate of drug-likeness (QED) is 0.805. The smallest absolute Gasteiger partial charge is 0.191 e. The van der Waals surface area contributed by atoms with Crippen molar-refractivity contribution in [3.63, 3.8) is 0 Å². The minimum absolute atomic E-state index is 0. The van der Waals surface area contributed by atoms with Gasteiger partial charge in [-0.05, 0) is 19.9 Å². The highest BCUT2D eigenvalue weighted by Crippen LogP contribution is 1.98. The van der Waals surface area contributed by atoms with Gasteiger partial charge in [-0.2, -0.15) is 5.10 Å². The summed E-state index contributed by atoms with van der Waals surface area (Å²) in [6.45, 7) is 5.86. The molecule has 0 saturated carbocycles. The van der Waals surface area contributed by atoms with Crippen molar-refractivity contribution in [1.82, 2.24) is 20.4 Å². The van der Waals surface area contributed by atoms with Gasteiger partial charge in [0.2, 0.25) is 0 Å². The van der Waals surface area contributed by atoms with Crippen molar-refractivity contribution in [2.45, 2.75) is 32.5 Å². The van der Waals surface area contributed by atoms with E-state index in [0.29, 0.717) is 12.1 Å². The van der Waals surface area contributed by atoms with Crippen molar-refractivity contribution in [2.24, 2.45) is 4.99 Å². The van der Waals surface area contributed by atoms with Crippen LogP contribution < -0.4 is 10.6 Å². The van der Waals surface area contributed by atoms with Crippen LogP contribution in [-0.4, -0.2) is 34.4 Å². The number of halogens is 1. The number of guanidine groups is 1. The maximum absolute atomic E-state index is 4.43. The Morgan fingerprint density at radius 1 is 1.38 bits per heavy atom. The van der Waals surface area contributed by atoms with E-state index in [1.54, 1.807) is 6.20 Å². The van der Waals surface area contributed by atoms with E-state index in [2.05, 4.69) is 34.6 Å². The Morgan fingerprint density at radius 2 is 2.06 bits per heavy atom. The summed E-state index contributed by atoms with van der Waals surface area (Å²) >= 11 is 0. The SMILES string of the molecule is CC1NC(=NCCn2cccn2)NC1C.I. The number of hydrogen-bond acceptors (Lipinski definition) is 2. The van der Waals surface area contributed by atoms with Crippen LogP contribution in [0.4, 0.5) is 0 Å². The summed E-state index contributed by atoms with van der Waals surface area (Å²) in [6, 6.07) is 2.82. The molecule has 1 fully saturated rings. The fraction of sp³-hybridized carbons (Fsp3) is 0.600. The van der Waals surface area contributed by atoms with Gasteiger partial charge in [-0.15, -0.1) is 24.0 Å². The molecule has 1 aromatic rings. The van der Waals surface area contributed by atoms with E-state index in [9.17, 15) is 0 Å². The average molecular weight is 335 g/mol. The molecule has 1 aliphatic heterocycles. The van der Waals surface area contributed by atoms with E-state index in [1.165, 1.54) is 0 Å². The second kappa shape index (κ2) is 6.07. The lowest BCUT2D eigenvalue weighted by atomic mass is 10.2. The van der Waals surface area contributed by atoms with Crippen LogP contribution in [-0.2, 0) is 6.54 Å². The number of aliphatic imine (C=N–C) groups is 1. The van der Waals surface area contributed by atoms with Crippen LogP contribution >= 0.6 is 24.0 Å². The van der Waals surface area contributed by atoms with Gasteiger partial charge >= 0.3 is 0 Å². The molecule has 6 heteroatoms. The fourth-order valence-corrected chi connectivity index (χ4v) is 1.51. The molecule has 0 bridgehead atoms. The van der Waals surface area contributed by atoms with E-state index in [0.717, 1.165) is 19.0 Å². The van der Waals surface area contributed by atoms with Gasteiger partial charge in [-0.25, -0.2) is 0 Å². The lowest BCUT2D eigenvalue weighted by Crippen LogP contribution is -2.27. The number of hydrogen-bond donors (Lipinski definition) is 2. The van der Waals surface area contributed by atoms with Gasteiger partial charge < -0.3 is 10.6 Å². The van der Waals surface area contributed by atoms with Crippen molar-refractivity contribution in [3.05, 3.63) is 18.5 Å². The van der Waals surface area contributed by atoms with Gasteiger partial charge in [0, 0.05) is 24.5 Å². The Bertz CT molecular complexity index is 323. The first kappa shape index (κ1) is 13.3. The Kier molecular flexibility index (Phi) is 5.04. The largest absolute Gasteiger partial charge is 0.352 e. The molecule has 0 aromatic carbocycles. The van der Waals surface area contributed by atoms with Crippen LogP contribution in [0, 0.1) is 0 Å². The molecule has 2 rings (SSSR count). The number of nitrogens with zero attached hydrogens (tertiary/aromatic N) is 3. The summed E-state index contributed by atoms with van der Waals surface area (Å²) in [4.78, 5) is 4.43. The minimum atomic E-state index is 0. The zero-order valence-corrected chi connectivity index (χ0v) is 11.9. The molecule has 1 saturated heterocycles. The number of aromatic nitrogens is 2. The predicted molar refractivity (Wildman–Crippen MR) is 75.1 cm³/mol. The molecule has 0 radical (unpaired) electrons. The third-order valence-corrected chi connectivity index (χ3v) is 2.64. The summed E-state index contributed by atoms with van der Waals surface area (Å²) in [5.74, 6) is 0.905. The second-order valence-electron chi connectivity index (χ2n) is 3.87. The van der Waals surface area contributed by atoms with Crippen molar-refractivity contribution in [3.8, 4) is 0 Å². The van der Waals surface area contributed by atoms with Crippen LogP contribution in [0.15, 0.2) is 23.5 Å². The number of rotatable bonds is 3. The summed E-state index contributed by atoms with van der Waals surface area (Å²) < 4.78 is 1.88. The first-order valence-corrected chi connectivity index (χ1v) is 5.30. The molecular formula is C10H18IN5. The first-order valence-electron chi connectivity index (χ1n) is 5.30.